The molecule has 0 aliphatic rings. The summed E-state index contributed by atoms with van der Waals surface area (Å²) in [6, 6.07) is 16.6. The lowest BCUT2D eigenvalue weighted by atomic mass is 10.1. The van der Waals surface area contributed by atoms with Gasteiger partial charge in [0, 0.05) is 0 Å². The van der Waals surface area contributed by atoms with Gasteiger partial charge in [0.25, 0.3) is 0 Å². The van der Waals surface area contributed by atoms with Crippen molar-refractivity contribution in [1.29, 1.82) is 0 Å². The van der Waals surface area contributed by atoms with E-state index in [-0.39, 0.29) is 0 Å². The van der Waals surface area contributed by atoms with Crippen molar-refractivity contribution in [3.8, 4) is 11.5 Å². The number of rotatable bonds is 7. The van der Waals surface area contributed by atoms with Crippen molar-refractivity contribution in [2.45, 2.75) is 46.0 Å². The number of benzene rings is 2. The van der Waals surface area contributed by atoms with Crippen LogP contribution >= 0.6 is 0 Å². The maximum absolute atomic E-state index is 5.83. The van der Waals surface area contributed by atoms with E-state index in [1.165, 1.54) is 43.2 Å². The SMILES string of the molecule is CCCCCCc1ccc(Oc2ccc(C)cc2)cc1. The first kappa shape index (κ1) is 14.6. The van der Waals surface area contributed by atoms with Crippen LogP contribution < -0.4 is 4.74 Å². The van der Waals surface area contributed by atoms with Gasteiger partial charge in [-0.05, 0) is 49.6 Å². The average Bonchev–Trinajstić information content (AvgIpc) is 2.48. The number of unbranched alkanes of at least 4 members (excludes halogenated alkanes) is 3. The topological polar surface area (TPSA) is 9.23 Å². The smallest absolute Gasteiger partial charge is 0.127 e. The molecule has 1 nitrogen and oxygen atoms in total. The van der Waals surface area contributed by atoms with Crippen molar-refractivity contribution < 1.29 is 4.74 Å². The zero-order chi connectivity index (χ0) is 14.2. The van der Waals surface area contributed by atoms with Crippen molar-refractivity contribution in [2.75, 3.05) is 0 Å². The molecule has 0 radical (unpaired) electrons. The minimum atomic E-state index is 0.895. The zero-order valence-corrected chi connectivity index (χ0v) is 12.6. The average molecular weight is 268 g/mol. The fourth-order valence-electron chi connectivity index (χ4n) is 2.22. The summed E-state index contributed by atoms with van der Waals surface area (Å²) in [6.07, 6.45) is 6.42. The third-order valence-corrected chi connectivity index (χ3v) is 3.50. The molecule has 0 amide bonds. The van der Waals surface area contributed by atoms with Crippen LogP contribution in [0.15, 0.2) is 48.5 Å². The summed E-state index contributed by atoms with van der Waals surface area (Å²) < 4.78 is 5.83. The van der Waals surface area contributed by atoms with Gasteiger partial charge >= 0.3 is 0 Å². The van der Waals surface area contributed by atoms with E-state index >= 15 is 0 Å². The lowest BCUT2D eigenvalue weighted by molar-refractivity contribution is 0.482. The Kier molecular flexibility index (Phi) is 5.67. The van der Waals surface area contributed by atoms with Crippen LogP contribution in [0.3, 0.4) is 0 Å². The summed E-state index contributed by atoms with van der Waals surface area (Å²) in [5, 5.41) is 0. The minimum Gasteiger partial charge on any atom is -0.457 e. The quantitative estimate of drug-likeness (QED) is 0.567. The van der Waals surface area contributed by atoms with Gasteiger partial charge in [-0.2, -0.15) is 0 Å². The molecule has 2 aromatic carbocycles. The van der Waals surface area contributed by atoms with Gasteiger partial charge in [0.2, 0.25) is 0 Å². The summed E-state index contributed by atoms with van der Waals surface area (Å²) in [5.41, 5.74) is 2.65. The van der Waals surface area contributed by atoms with Crippen molar-refractivity contribution in [3.05, 3.63) is 59.7 Å². The van der Waals surface area contributed by atoms with E-state index in [1.54, 1.807) is 0 Å². The van der Waals surface area contributed by atoms with Crippen LogP contribution in [0.1, 0.15) is 43.7 Å². The number of hydrogen-bond acceptors (Lipinski definition) is 1. The van der Waals surface area contributed by atoms with Crippen LogP contribution in [0.2, 0.25) is 0 Å². The molecule has 0 aliphatic heterocycles. The van der Waals surface area contributed by atoms with Crippen molar-refractivity contribution >= 4 is 0 Å². The van der Waals surface area contributed by atoms with E-state index in [2.05, 4.69) is 50.2 Å². The molecule has 0 bridgehead atoms. The first-order valence-corrected chi connectivity index (χ1v) is 7.61. The Morgan fingerprint density at radius 2 is 1.35 bits per heavy atom. The highest BCUT2D eigenvalue weighted by molar-refractivity contribution is 5.34. The summed E-state index contributed by atoms with van der Waals surface area (Å²) in [7, 11) is 0. The van der Waals surface area contributed by atoms with Gasteiger partial charge in [-0.25, -0.2) is 0 Å². The second-order valence-electron chi connectivity index (χ2n) is 5.37. The van der Waals surface area contributed by atoms with E-state index in [0.717, 1.165) is 11.5 Å². The molecule has 0 heterocycles. The normalized spacial score (nSPS) is 10.5. The van der Waals surface area contributed by atoms with Gasteiger partial charge in [-0.1, -0.05) is 56.0 Å². The fraction of sp³-hybridized carbons (Fsp3) is 0.368. The van der Waals surface area contributed by atoms with Gasteiger partial charge in [0.05, 0.1) is 0 Å². The van der Waals surface area contributed by atoms with Crippen LogP contribution in [-0.4, -0.2) is 0 Å². The number of ether oxygens (including phenoxy) is 1. The molecule has 20 heavy (non-hydrogen) atoms. The third kappa shape index (κ3) is 4.73. The Morgan fingerprint density at radius 3 is 1.95 bits per heavy atom. The van der Waals surface area contributed by atoms with Crippen LogP contribution in [-0.2, 0) is 6.42 Å². The predicted molar refractivity (Wildman–Crippen MR) is 85.5 cm³/mol. The zero-order valence-electron chi connectivity index (χ0n) is 12.6. The molecule has 0 saturated carbocycles. The second-order valence-corrected chi connectivity index (χ2v) is 5.37. The van der Waals surface area contributed by atoms with Crippen molar-refractivity contribution in [3.63, 3.8) is 0 Å². The summed E-state index contributed by atoms with van der Waals surface area (Å²) in [5.74, 6) is 1.80. The van der Waals surface area contributed by atoms with Crippen LogP contribution in [0.25, 0.3) is 0 Å². The third-order valence-electron chi connectivity index (χ3n) is 3.50. The van der Waals surface area contributed by atoms with Crippen LogP contribution in [0, 0.1) is 6.92 Å². The fourth-order valence-corrected chi connectivity index (χ4v) is 2.22. The Hall–Kier alpha value is -1.76. The maximum atomic E-state index is 5.83. The van der Waals surface area contributed by atoms with E-state index < -0.39 is 0 Å². The molecule has 0 aliphatic carbocycles. The Labute approximate surface area is 122 Å². The highest BCUT2D eigenvalue weighted by Gasteiger charge is 1.98. The van der Waals surface area contributed by atoms with Gasteiger partial charge in [-0.3, -0.25) is 0 Å². The summed E-state index contributed by atoms with van der Waals surface area (Å²) in [4.78, 5) is 0. The van der Waals surface area contributed by atoms with Crippen LogP contribution in [0.5, 0.6) is 11.5 Å². The second kappa shape index (κ2) is 7.74. The molecule has 0 fully saturated rings. The number of aryl methyl sites for hydroxylation is 2. The molecular weight excluding hydrogens is 244 g/mol. The minimum absolute atomic E-state index is 0.895. The molecule has 0 spiro atoms. The van der Waals surface area contributed by atoms with Gasteiger partial charge < -0.3 is 4.74 Å². The van der Waals surface area contributed by atoms with Gasteiger partial charge in [0.15, 0.2) is 0 Å². The maximum Gasteiger partial charge on any atom is 0.127 e. The van der Waals surface area contributed by atoms with Crippen molar-refractivity contribution in [1.82, 2.24) is 0 Å². The lowest BCUT2D eigenvalue weighted by Gasteiger charge is -2.07. The lowest BCUT2D eigenvalue weighted by Crippen LogP contribution is -1.88. The van der Waals surface area contributed by atoms with Crippen molar-refractivity contribution in [2.24, 2.45) is 0 Å². The molecule has 0 saturated heterocycles. The molecule has 0 N–H and O–H groups in total. The first-order chi connectivity index (χ1) is 9.78. The Balaban J connectivity index is 1.86. The highest BCUT2D eigenvalue weighted by atomic mass is 16.5. The largest absolute Gasteiger partial charge is 0.457 e. The summed E-state index contributed by atoms with van der Waals surface area (Å²) in [6.45, 7) is 4.33. The molecule has 0 atom stereocenters. The van der Waals surface area contributed by atoms with E-state index in [9.17, 15) is 0 Å². The molecule has 2 rings (SSSR count). The monoisotopic (exact) mass is 268 g/mol. The van der Waals surface area contributed by atoms with Gasteiger partial charge in [-0.15, -0.1) is 0 Å². The molecule has 1 heteroatoms. The first-order valence-electron chi connectivity index (χ1n) is 7.61. The highest BCUT2D eigenvalue weighted by Crippen LogP contribution is 2.22. The molecular formula is C19H24O. The van der Waals surface area contributed by atoms with Gasteiger partial charge in [0.1, 0.15) is 11.5 Å². The standard InChI is InChI=1S/C19H24O/c1-3-4-5-6-7-17-10-14-19(15-11-17)20-18-12-8-16(2)9-13-18/h8-15H,3-7H2,1-2H3. The number of hydrogen-bond donors (Lipinski definition) is 0. The molecule has 0 aromatic heterocycles. The van der Waals surface area contributed by atoms with E-state index in [1.807, 2.05) is 12.1 Å². The summed E-state index contributed by atoms with van der Waals surface area (Å²) >= 11 is 0. The Morgan fingerprint density at radius 1 is 0.750 bits per heavy atom. The molecule has 0 unspecified atom stereocenters. The Bertz CT molecular complexity index is 496. The van der Waals surface area contributed by atoms with E-state index in [0.29, 0.717) is 0 Å². The van der Waals surface area contributed by atoms with Crippen LogP contribution in [0.4, 0.5) is 0 Å². The molecule has 2 aromatic rings. The predicted octanol–water partition coefficient (Wildman–Crippen LogP) is 5.91. The van der Waals surface area contributed by atoms with E-state index in [4.69, 9.17) is 4.74 Å². The molecule has 106 valence electrons.